The van der Waals surface area contributed by atoms with E-state index in [9.17, 15) is 14.9 Å². The molecule has 0 amide bonds. The fourth-order valence-electron chi connectivity index (χ4n) is 5.93. The van der Waals surface area contributed by atoms with E-state index < -0.39 is 10.9 Å². The van der Waals surface area contributed by atoms with Crippen LogP contribution >= 0.6 is 0 Å². The maximum Gasteiger partial charge on any atom is 0.350 e. The summed E-state index contributed by atoms with van der Waals surface area (Å²) in [4.78, 5) is 23.4. The van der Waals surface area contributed by atoms with E-state index >= 15 is 0 Å². The Kier molecular flexibility index (Phi) is 4.39. The van der Waals surface area contributed by atoms with Crippen LogP contribution in [0.4, 0.5) is 5.69 Å². The molecule has 2 aliphatic carbocycles. The van der Waals surface area contributed by atoms with Gasteiger partial charge in [-0.05, 0) is 67.5 Å². The molecule has 6 heteroatoms. The number of carbonyl (C=O) groups is 1. The van der Waals surface area contributed by atoms with Crippen LogP contribution in [-0.4, -0.2) is 23.5 Å². The molecule has 0 spiro atoms. The summed E-state index contributed by atoms with van der Waals surface area (Å²) in [5, 5.41) is 15.0. The van der Waals surface area contributed by atoms with Gasteiger partial charge in [-0.1, -0.05) is 31.0 Å². The van der Waals surface area contributed by atoms with Gasteiger partial charge in [-0.25, -0.2) is 4.79 Å². The van der Waals surface area contributed by atoms with Crippen molar-refractivity contribution in [3.8, 4) is 5.75 Å². The van der Waals surface area contributed by atoms with Crippen LogP contribution in [0.15, 0.2) is 42.5 Å². The van der Waals surface area contributed by atoms with Crippen molar-refractivity contribution in [2.24, 2.45) is 5.92 Å². The molecular formula is C23H24N2O4. The van der Waals surface area contributed by atoms with Crippen LogP contribution in [0.25, 0.3) is 0 Å². The number of hydrogen-bond acceptors (Lipinski definition) is 5. The summed E-state index contributed by atoms with van der Waals surface area (Å²) in [6, 6.07) is 12.4. The Morgan fingerprint density at radius 1 is 1.17 bits per heavy atom. The van der Waals surface area contributed by atoms with Crippen molar-refractivity contribution >= 4 is 11.7 Å². The van der Waals surface area contributed by atoms with Gasteiger partial charge >= 0.3 is 5.97 Å². The average Bonchev–Trinajstić information content (AvgIpc) is 2.74. The normalized spacial score (nSPS) is 27.4. The summed E-state index contributed by atoms with van der Waals surface area (Å²) < 4.78 is 5.61. The number of ether oxygens (including phenoxy) is 1. The first-order valence-electron chi connectivity index (χ1n) is 10.4. The van der Waals surface area contributed by atoms with Crippen molar-refractivity contribution in [1.82, 2.24) is 5.32 Å². The van der Waals surface area contributed by atoms with Gasteiger partial charge in [0.05, 0.1) is 4.92 Å². The maximum absolute atomic E-state index is 12.7. The molecule has 3 aliphatic rings. The van der Waals surface area contributed by atoms with E-state index in [1.807, 2.05) is 12.1 Å². The van der Waals surface area contributed by atoms with Gasteiger partial charge in [0.25, 0.3) is 5.69 Å². The number of nitro groups is 1. The maximum atomic E-state index is 12.7. The molecule has 29 heavy (non-hydrogen) atoms. The summed E-state index contributed by atoms with van der Waals surface area (Å²) in [5.74, 6) is 0.426. The highest BCUT2D eigenvalue weighted by molar-refractivity contribution is 5.95. The second kappa shape index (κ2) is 6.95. The molecule has 150 valence electrons. The third-order valence-electron chi connectivity index (χ3n) is 7.15. The number of nitrogens with one attached hydrogen (secondary N) is 1. The van der Waals surface area contributed by atoms with E-state index in [1.54, 1.807) is 12.1 Å². The minimum absolute atomic E-state index is 0.0224. The van der Waals surface area contributed by atoms with E-state index in [-0.39, 0.29) is 16.7 Å². The molecule has 3 atom stereocenters. The van der Waals surface area contributed by atoms with Crippen molar-refractivity contribution in [3.05, 3.63) is 69.3 Å². The number of carbonyl (C=O) groups excluding carboxylic acids is 1. The quantitative estimate of drug-likeness (QED) is 0.367. The first-order valence-corrected chi connectivity index (χ1v) is 10.4. The van der Waals surface area contributed by atoms with Crippen LogP contribution in [-0.2, 0) is 11.8 Å². The number of piperidine rings is 1. The van der Waals surface area contributed by atoms with Gasteiger partial charge in [-0.15, -0.1) is 0 Å². The number of nitrogens with zero attached hydrogens (tertiary/aromatic N) is 1. The molecule has 2 aromatic carbocycles. The lowest BCUT2D eigenvalue weighted by atomic mass is 9.53. The zero-order valence-electron chi connectivity index (χ0n) is 16.2. The minimum Gasteiger partial charge on any atom is -0.423 e. The van der Waals surface area contributed by atoms with Crippen LogP contribution in [0.2, 0.25) is 0 Å². The first kappa shape index (κ1) is 18.3. The molecule has 2 fully saturated rings. The lowest BCUT2D eigenvalue weighted by Gasteiger charge is -2.56. The smallest absolute Gasteiger partial charge is 0.350 e. The highest BCUT2D eigenvalue weighted by atomic mass is 16.6. The van der Waals surface area contributed by atoms with Crippen LogP contribution in [0.1, 0.15) is 53.6 Å². The molecular weight excluding hydrogens is 368 g/mol. The Labute approximate surface area is 169 Å². The van der Waals surface area contributed by atoms with Gasteiger partial charge < -0.3 is 10.1 Å². The SMILES string of the molecule is O=C(Oc1ccc2c(c1)[C@@]13CCCC[C@H]1[C@@H](C2)NCC3)c1ccccc1[N+](=O)[O-]. The molecule has 0 aromatic heterocycles. The first-order chi connectivity index (χ1) is 14.1. The molecule has 2 aromatic rings. The van der Waals surface area contributed by atoms with E-state index in [2.05, 4.69) is 11.4 Å². The number of nitro benzene ring substituents is 1. The average molecular weight is 392 g/mol. The van der Waals surface area contributed by atoms with Crippen LogP contribution in [0.3, 0.4) is 0 Å². The van der Waals surface area contributed by atoms with Gasteiger partial charge in [0.1, 0.15) is 11.3 Å². The molecule has 1 saturated heterocycles. The molecule has 1 aliphatic heterocycles. The van der Waals surface area contributed by atoms with Crippen molar-refractivity contribution < 1.29 is 14.5 Å². The van der Waals surface area contributed by atoms with Crippen LogP contribution in [0.5, 0.6) is 5.75 Å². The second-order valence-electron chi connectivity index (χ2n) is 8.51. The Balaban J connectivity index is 1.49. The number of esters is 1. The van der Waals surface area contributed by atoms with Gasteiger partial charge in [-0.3, -0.25) is 10.1 Å². The van der Waals surface area contributed by atoms with Crippen molar-refractivity contribution in [3.63, 3.8) is 0 Å². The monoisotopic (exact) mass is 392 g/mol. The lowest BCUT2D eigenvalue weighted by molar-refractivity contribution is -0.385. The Hall–Kier alpha value is -2.73. The number of fused-ring (bicyclic) bond motifs is 1. The fourth-order valence-corrected chi connectivity index (χ4v) is 5.93. The predicted molar refractivity (Wildman–Crippen MR) is 108 cm³/mol. The summed E-state index contributed by atoms with van der Waals surface area (Å²) >= 11 is 0. The predicted octanol–water partition coefficient (Wildman–Crippen LogP) is 4.16. The van der Waals surface area contributed by atoms with Crippen LogP contribution < -0.4 is 10.1 Å². The Morgan fingerprint density at radius 3 is 2.90 bits per heavy atom. The Bertz CT molecular complexity index is 985. The van der Waals surface area contributed by atoms with Gasteiger partial charge in [0, 0.05) is 17.5 Å². The van der Waals surface area contributed by atoms with Crippen LogP contribution in [0, 0.1) is 16.0 Å². The lowest BCUT2D eigenvalue weighted by Crippen LogP contribution is -2.59. The highest BCUT2D eigenvalue weighted by Gasteiger charge is 2.51. The standard InChI is InChI=1S/C23H24N2O4/c26-22(17-5-1-2-7-21(17)25(27)28)29-16-9-8-15-13-20-18-6-3-4-10-23(18,11-12-24-20)19(15)14-16/h1-2,5,7-9,14,18,20,24H,3-4,6,10-13H2/t18-,20+,23+/m0/s1. The number of para-hydroxylation sites is 1. The molecule has 0 unspecified atom stereocenters. The fraction of sp³-hybridized carbons (Fsp3) is 0.435. The van der Waals surface area contributed by atoms with E-state index in [0.717, 1.165) is 19.4 Å². The van der Waals surface area contributed by atoms with E-state index in [0.29, 0.717) is 17.7 Å². The summed E-state index contributed by atoms with van der Waals surface area (Å²) in [7, 11) is 0. The number of benzene rings is 2. The molecule has 2 bridgehead atoms. The van der Waals surface area contributed by atoms with Crippen molar-refractivity contribution in [1.29, 1.82) is 0 Å². The second-order valence-corrected chi connectivity index (χ2v) is 8.51. The zero-order chi connectivity index (χ0) is 20.0. The van der Waals surface area contributed by atoms with Crippen molar-refractivity contribution in [2.45, 2.75) is 50.0 Å². The highest BCUT2D eigenvalue weighted by Crippen LogP contribution is 2.54. The van der Waals surface area contributed by atoms with E-state index in [4.69, 9.17) is 4.74 Å². The van der Waals surface area contributed by atoms with Gasteiger partial charge in [0.2, 0.25) is 0 Å². The van der Waals surface area contributed by atoms with Gasteiger partial charge in [-0.2, -0.15) is 0 Å². The third kappa shape index (κ3) is 2.94. The molecule has 1 heterocycles. The molecule has 0 radical (unpaired) electrons. The van der Waals surface area contributed by atoms with E-state index in [1.165, 1.54) is 48.9 Å². The summed E-state index contributed by atoms with van der Waals surface area (Å²) in [5.41, 5.74) is 2.58. The topological polar surface area (TPSA) is 81.5 Å². The van der Waals surface area contributed by atoms with Gasteiger partial charge in [0.15, 0.2) is 0 Å². The minimum atomic E-state index is -0.686. The molecule has 6 nitrogen and oxygen atoms in total. The molecule has 5 rings (SSSR count). The largest absolute Gasteiger partial charge is 0.423 e. The number of rotatable bonds is 3. The molecule has 1 saturated carbocycles. The number of hydrogen-bond donors (Lipinski definition) is 1. The van der Waals surface area contributed by atoms with Crippen molar-refractivity contribution in [2.75, 3.05) is 6.54 Å². The Morgan fingerprint density at radius 2 is 2.03 bits per heavy atom. The zero-order valence-corrected chi connectivity index (χ0v) is 16.2. The molecule has 1 N–H and O–H groups in total. The summed E-state index contributed by atoms with van der Waals surface area (Å²) in [6.07, 6.45) is 7.08. The summed E-state index contributed by atoms with van der Waals surface area (Å²) in [6.45, 7) is 1.03. The third-order valence-corrected chi connectivity index (χ3v) is 7.15.